The molecule has 0 aromatic rings. The van der Waals surface area contributed by atoms with E-state index in [4.69, 9.17) is 0 Å². The van der Waals surface area contributed by atoms with Crippen molar-refractivity contribution in [3.8, 4) is 0 Å². The summed E-state index contributed by atoms with van der Waals surface area (Å²) in [5.74, 6) is 5.54. The minimum absolute atomic E-state index is 0.0266. The van der Waals surface area contributed by atoms with E-state index in [0.717, 1.165) is 48.3 Å². The minimum Gasteiger partial charge on any atom is -0.393 e. The van der Waals surface area contributed by atoms with Crippen LogP contribution in [0.15, 0.2) is 0 Å². The van der Waals surface area contributed by atoms with Gasteiger partial charge in [0.25, 0.3) is 0 Å². The first-order chi connectivity index (χ1) is 11.5. The summed E-state index contributed by atoms with van der Waals surface area (Å²) < 4.78 is 0. The van der Waals surface area contributed by atoms with E-state index in [-0.39, 0.29) is 11.5 Å². The van der Waals surface area contributed by atoms with Crippen molar-refractivity contribution in [1.29, 1.82) is 0 Å². The lowest BCUT2D eigenvalue weighted by Crippen LogP contribution is -2.52. The van der Waals surface area contributed by atoms with Gasteiger partial charge in [-0.25, -0.2) is 0 Å². The molecule has 5 aliphatic rings. The summed E-state index contributed by atoms with van der Waals surface area (Å²) in [5.41, 5.74) is 0.447. The quantitative estimate of drug-likeness (QED) is 0.803. The Morgan fingerprint density at radius 1 is 1.04 bits per heavy atom. The molecule has 0 spiro atoms. The number of fused-ring (bicyclic) bond motifs is 7. The van der Waals surface area contributed by atoms with E-state index >= 15 is 0 Å². The fourth-order valence-electron chi connectivity index (χ4n) is 9.06. The van der Waals surface area contributed by atoms with Gasteiger partial charge in [-0.05, 0) is 112 Å². The Balaban J connectivity index is 1.45. The Labute approximate surface area is 146 Å². The van der Waals surface area contributed by atoms with Gasteiger partial charge in [-0.3, -0.25) is 4.79 Å². The Morgan fingerprint density at radius 3 is 2.58 bits per heavy atom. The van der Waals surface area contributed by atoms with Gasteiger partial charge in [-0.1, -0.05) is 6.92 Å². The standard InChI is InChI=1S/C22H34O2/c1-3-21-9-8-18-17-7-5-16(24)10-14(17)4-6-19(18)20(21)11-15-12-22(15,21)13(2)23/h14-20,24H,3-12H2,1-2H3/t14-,15+,16-,17+,18-,19-,20+,21+,22+/m1/s1. The van der Waals surface area contributed by atoms with Gasteiger partial charge in [-0.2, -0.15) is 0 Å². The van der Waals surface area contributed by atoms with Crippen LogP contribution in [-0.4, -0.2) is 17.0 Å². The zero-order chi connectivity index (χ0) is 16.7. The number of Topliss-reactive ketones (excluding diaryl/α,β-unsaturated/α-hetero) is 1. The molecular weight excluding hydrogens is 296 g/mol. The Morgan fingerprint density at radius 2 is 1.83 bits per heavy atom. The number of aliphatic hydroxyl groups excluding tert-OH is 1. The Hall–Kier alpha value is -0.370. The molecule has 2 heteroatoms. The van der Waals surface area contributed by atoms with E-state index in [1.807, 2.05) is 6.92 Å². The summed E-state index contributed by atoms with van der Waals surface area (Å²) in [6.45, 7) is 4.27. The topological polar surface area (TPSA) is 37.3 Å². The largest absolute Gasteiger partial charge is 0.393 e. The summed E-state index contributed by atoms with van der Waals surface area (Å²) >= 11 is 0. The van der Waals surface area contributed by atoms with Crippen LogP contribution in [-0.2, 0) is 4.79 Å². The van der Waals surface area contributed by atoms with E-state index in [2.05, 4.69) is 6.92 Å². The van der Waals surface area contributed by atoms with E-state index in [0.29, 0.717) is 11.2 Å². The number of carbonyl (C=O) groups excluding carboxylic acids is 1. The van der Waals surface area contributed by atoms with Gasteiger partial charge in [0.1, 0.15) is 5.78 Å². The van der Waals surface area contributed by atoms with Gasteiger partial charge < -0.3 is 5.11 Å². The zero-order valence-corrected chi connectivity index (χ0v) is 15.5. The Kier molecular flexibility index (Phi) is 3.36. The molecule has 0 aromatic carbocycles. The third kappa shape index (κ3) is 1.75. The molecule has 9 atom stereocenters. The molecule has 5 saturated carbocycles. The first kappa shape index (κ1) is 15.9. The third-order valence-corrected chi connectivity index (χ3v) is 9.93. The average Bonchev–Trinajstić information content (AvgIpc) is 3.24. The predicted molar refractivity (Wildman–Crippen MR) is 94.3 cm³/mol. The maximum Gasteiger partial charge on any atom is 0.136 e. The molecule has 5 rings (SSSR count). The van der Waals surface area contributed by atoms with E-state index < -0.39 is 0 Å². The molecule has 0 heterocycles. The van der Waals surface area contributed by atoms with Crippen LogP contribution in [0.5, 0.6) is 0 Å². The van der Waals surface area contributed by atoms with Gasteiger partial charge in [0.2, 0.25) is 0 Å². The van der Waals surface area contributed by atoms with Crippen molar-refractivity contribution in [3.05, 3.63) is 0 Å². The zero-order valence-electron chi connectivity index (χ0n) is 15.5. The molecular formula is C22H34O2. The summed E-state index contributed by atoms with van der Waals surface area (Å²) in [6.07, 6.45) is 12.5. The number of ketones is 1. The molecule has 24 heavy (non-hydrogen) atoms. The highest BCUT2D eigenvalue weighted by atomic mass is 16.3. The van der Waals surface area contributed by atoms with Crippen LogP contribution in [0.4, 0.5) is 0 Å². The molecule has 0 amide bonds. The minimum atomic E-state index is -0.0266. The second-order valence-corrected chi connectivity index (χ2v) is 10.1. The molecule has 0 bridgehead atoms. The highest BCUT2D eigenvalue weighted by molar-refractivity contribution is 5.87. The van der Waals surface area contributed by atoms with Gasteiger partial charge in [-0.15, -0.1) is 0 Å². The summed E-state index contributed by atoms with van der Waals surface area (Å²) in [4.78, 5) is 12.6. The van der Waals surface area contributed by atoms with Crippen LogP contribution in [0.2, 0.25) is 0 Å². The Bertz CT molecular complexity index is 556. The van der Waals surface area contributed by atoms with Gasteiger partial charge in [0.15, 0.2) is 0 Å². The van der Waals surface area contributed by atoms with E-state index in [1.165, 1.54) is 51.4 Å². The van der Waals surface area contributed by atoms with Crippen LogP contribution in [0.25, 0.3) is 0 Å². The van der Waals surface area contributed by atoms with Crippen molar-refractivity contribution in [2.24, 2.45) is 46.3 Å². The van der Waals surface area contributed by atoms with Crippen LogP contribution in [0.3, 0.4) is 0 Å². The predicted octanol–water partition coefficient (Wildman–Crippen LogP) is 4.60. The number of hydrogen-bond donors (Lipinski definition) is 1. The SMILES string of the molecule is CC[C@]12CC[C@H]3[C@@H](CC[C@@H]4C[C@H](O)CC[C@@H]43)[C@@H]1C[C@H]1C[C@]12C(C)=O. The van der Waals surface area contributed by atoms with Crippen LogP contribution >= 0.6 is 0 Å². The molecule has 5 fully saturated rings. The summed E-state index contributed by atoms with van der Waals surface area (Å²) in [5, 5.41) is 10.1. The third-order valence-electron chi connectivity index (χ3n) is 9.93. The fraction of sp³-hybridized carbons (Fsp3) is 0.955. The lowest BCUT2D eigenvalue weighted by Gasteiger charge is -2.58. The monoisotopic (exact) mass is 330 g/mol. The van der Waals surface area contributed by atoms with E-state index in [9.17, 15) is 9.90 Å². The smallest absolute Gasteiger partial charge is 0.136 e. The number of rotatable bonds is 2. The first-order valence-corrected chi connectivity index (χ1v) is 10.7. The average molecular weight is 331 g/mol. The molecule has 5 aliphatic carbocycles. The van der Waals surface area contributed by atoms with Gasteiger partial charge >= 0.3 is 0 Å². The van der Waals surface area contributed by atoms with Gasteiger partial charge in [0, 0.05) is 5.41 Å². The van der Waals surface area contributed by atoms with E-state index in [1.54, 1.807) is 0 Å². The molecule has 134 valence electrons. The lowest BCUT2D eigenvalue weighted by molar-refractivity contribution is -0.137. The van der Waals surface area contributed by atoms with Gasteiger partial charge in [0.05, 0.1) is 6.10 Å². The maximum absolute atomic E-state index is 12.6. The molecule has 1 N–H and O–H groups in total. The summed E-state index contributed by atoms with van der Waals surface area (Å²) in [7, 11) is 0. The molecule has 0 aliphatic heterocycles. The lowest BCUT2D eigenvalue weighted by atomic mass is 9.47. The molecule has 0 unspecified atom stereocenters. The molecule has 2 nitrogen and oxygen atoms in total. The van der Waals surface area contributed by atoms with Crippen LogP contribution < -0.4 is 0 Å². The molecule has 0 saturated heterocycles. The number of hydrogen-bond acceptors (Lipinski definition) is 2. The van der Waals surface area contributed by atoms with Crippen molar-refractivity contribution in [2.75, 3.05) is 0 Å². The second kappa shape index (κ2) is 5.09. The van der Waals surface area contributed by atoms with Crippen molar-refractivity contribution in [2.45, 2.75) is 84.2 Å². The normalized spacial score (nSPS) is 58.2. The van der Waals surface area contributed by atoms with Crippen molar-refractivity contribution < 1.29 is 9.90 Å². The maximum atomic E-state index is 12.6. The molecule has 0 aromatic heterocycles. The van der Waals surface area contributed by atoms with Crippen LogP contribution in [0.1, 0.15) is 78.1 Å². The highest BCUT2D eigenvalue weighted by Gasteiger charge is 2.77. The number of carbonyl (C=O) groups is 1. The number of aliphatic hydroxyl groups is 1. The van der Waals surface area contributed by atoms with Crippen LogP contribution in [0, 0.1) is 46.3 Å². The molecule has 0 radical (unpaired) electrons. The highest BCUT2D eigenvalue weighted by Crippen LogP contribution is 2.81. The van der Waals surface area contributed by atoms with Crippen molar-refractivity contribution in [3.63, 3.8) is 0 Å². The second-order valence-electron chi connectivity index (χ2n) is 10.1. The summed E-state index contributed by atoms with van der Waals surface area (Å²) in [6, 6.07) is 0. The first-order valence-electron chi connectivity index (χ1n) is 10.7. The fourth-order valence-corrected chi connectivity index (χ4v) is 9.06. The van der Waals surface area contributed by atoms with Crippen molar-refractivity contribution >= 4 is 5.78 Å². The van der Waals surface area contributed by atoms with Crippen molar-refractivity contribution in [1.82, 2.24) is 0 Å².